The molecule has 2 atom stereocenters. The Morgan fingerprint density at radius 2 is 1.97 bits per heavy atom. The smallest absolute Gasteiger partial charge is 0.341 e. The Bertz CT molecular complexity index is 1410. The van der Waals surface area contributed by atoms with Crippen molar-refractivity contribution in [2.75, 3.05) is 31.7 Å². The van der Waals surface area contributed by atoms with Crippen LogP contribution in [0.25, 0.3) is 10.9 Å². The van der Waals surface area contributed by atoms with Gasteiger partial charge in [0.05, 0.1) is 30.3 Å². The van der Waals surface area contributed by atoms with Gasteiger partial charge in [-0.05, 0) is 41.7 Å². The third-order valence-corrected chi connectivity index (χ3v) is 7.22. The summed E-state index contributed by atoms with van der Waals surface area (Å²) in [7, 11) is 1.44. The molecule has 0 bridgehead atoms. The molecule has 0 spiro atoms. The molecule has 37 heavy (non-hydrogen) atoms. The number of hydrogen-bond donors (Lipinski definition) is 2. The van der Waals surface area contributed by atoms with Gasteiger partial charge in [0.1, 0.15) is 23.3 Å². The topological polar surface area (TPSA) is 92.0 Å². The molecule has 1 unspecified atom stereocenters. The highest BCUT2D eigenvalue weighted by atomic mass is 35.5. The fourth-order valence-electron chi connectivity index (χ4n) is 4.90. The lowest BCUT2D eigenvalue weighted by Crippen LogP contribution is -2.25. The van der Waals surface area contributed by atoms with Crippen LogP contribution in [0.4, 0.5) is 14.5 Å². The molecule has 0 amide bonds. The number of nitrogens with zero attached hydrogens (tertiary/aromatic N) is 2. The molecule has 1 aliphatic rings. The standard InChI is InChI=1S/C27H29ClF2N2O5/c1-14(2)23(13-33)32-12-20(27(35)36)26(34)19-8-15(24(37-3)10-22(19)32)6-16-7-18(9-21(28)25(16)30)31-5-4-17(29)11-31/h7-10,12,14,17,23,33H,4-6,11,13H2,1-3H3,(H,35,36)/t17?,23-/m1/s1. The number of alkyl halides is 1. The van der Waals surface area contributed by atoms with E-state index in [1.807, 2.05) is 13.8 Å². The fourth-order valence-corrected chi connectivity index (χ4v) is 5.13. The normalized spacial score (nSPS) is 16.5. The monoisotopic (exact) mass is 534 g/mol. The molecular formula is C27H29ClF2N2O5. The summed E-state index contributed by atoms with van der Waals surface area (Å²) in [6, 6.07) is 5.68. The molecule has 0 saturated carbocycles. The number of anilines is 1. The minimum Gasteiger partial charge on any atom is -0.496 e. The number of aliphatic hydroxyl groups excluding tert-OH is 1. The van der Waals surface area contributed by atoms with E-state index in [9.17, 15) is 24.2 Å². The minimum absolute atomic E-state index is 0.00422. The number of hydrogen-bond acceptors (Lipinski definition) is 5. The Morgan fingerprint density at radius 3 is 2.54 bits per heavy atom. The number of carboxylic acid groups (broad SMARTS) is 1. The van der Waals surface area contributed by atoms with Crippen LogP contribution in [0.5, 0.6) is 5.75 Å². The van der Waals surface area contributed by atoms with Crippen molar-refractivity contribution in [3.05, 3.63) is 68.2 Å². The van der Waals surface area contributed by atoms with Gasteiger partial charge in [-0.3, -0.25) is 4.79 Å². The average Bonchev–Trinajstić information content (AvgIpc) is 3.29. The first kappa shape index (κ1) is 26.9. The van der Waals surface area contributed by atoms with Crippen LogP contribution in [-0.4, -0.2) is 53.7 Å². The van der Waals surface area contributed by atoms with Gasteiger partial charge in [0.2, 0.25) is 5.43 Å². The van der Waals surface area contributed by atoms with Gasteiger partial charge in [0, 0.05) is 42.8 Å². The van der Waals surface area contributed by atoms with Crippen molar-refractivity contribution in [1.29, 1.82) is 0 Å². The second-order valence-corrected chi connectivity index (χ2v) is 10.1. The number of fused-ring (bicyclic) bond motifs is 1. The molecule has 1 aliphatic heterocycles. The summed E-state index contributed by atoms with van der Waals surface area (Å²) < 4.78 is 36.0. The quantitative estimate of drug-likeness (QED) is 0.430. The lowest BCUT2D eigenvalue weighted by molar-refractivity contribution is 0.0694. The van der Waals surface area contributed by atoms with Gasteiger partial charge in [-0.25, -0.2) is 13.6 Å². The summed E-state index contributed by atoms with van der Waals surface area (Å²) in [5.41, 5.74) is 0.534. The molecule has 2 aromatic carbocycles. The number of benzene rings is 2. The molecule has 7 nitrogen and oxygen atoms in total. The van der Waals surface area contributed by atoms with Crippen LogP contribution in [0.3, 0.4) is 0 Å². The Balaban J connectivity index is 1.89. The number of methoxy groups -OCH3 is 1. The van der Waals surface area contributed by atoms with Gasteiger partial charge in [-0.2, -0.15) is 0 Å². The van der Waals surface area contributed by atoms with Crippen LogP contribution < -0.4 is 15.1 Å². The number of halogens is 3. The number of aromatic nitrogens is 1. The van der Waals surface area contributed by atoms with Crippen molar-refractivity contribution in [2.24, 2.45) is 5.92 Å². The highest BCUT2D eigenvalue weighted by Gasteiger charge is 2.25. The average molecular weight is 535 g/mol. The Kier molecular flexibility index (Phi) is 7.75. The molecule has 1 fully saturated rings. The Labute approximate surface area is 217 Å². The van der Waals surface area contributed by atoms with Crippen molar-refractivity contribution in [1.82, 2.24) is 4.57 Å². The van der Waals surface area contributed by atoms with Crippen molar-refractivity contribution in [3.8, 4) is 5.75 Å². The molecule has 10 heteroatoms. The summed E-state index contributed by atoms with van der Waals surface area (Å²) in [4.78, 5) is 26.8. The number of rotatable bonds is 8. The van der Waals surface area contributed by atoms with Crippen molar-refractivity contribution >= 4 is 34.2 Å². The lowest BCUT2D eigenvalue weighted by atomic mass is 9.98. The maximum atomic E-state index is 15.1. The Hall–Kier alpha value is -3.17. The second-order valence-electron chi connectivity index (χ2n) is 9.67. The molecule has 0 radical (unpaired) electrons. The summed E-state index contributed by atoms with van der Waals surface area (Å²) in [6.07, 6.45) is 0.651. The second kappa shape index (κ2) is 10.7. The number of carbonyl (C=O) groups is 1. The molecule has 2 N–H and O–H groups in total. The predicted octanol–water partition coefficient (Wildman–Crippen LogP) is 4.83. The summed E-state index contributed by atoms with van der Waals surface area (Å²) >= 11 is 6.18. The van der Waals surface area contributed by atoms with Crippen LogP contribution in [0, 0.1) is 11.7 Å². The predicted molar refractivity (Wildman–Crippen MR) is 139 cm³/mol. The molecule has 0 aliphatic carbocycles. The van der Waals surface area contributed by atoms with Crippen molar-refractivity contribution in [3.63, 3.8) is 0 Å². The van der Waals surface area contributed by atoms with E-state index in [-0.39, 0.29) is 41.5 Å². The highest BCUT2D eigenvalue weighted by molar-refractivity contribution is 6.31. The first-order valence-electron chi connectivity index (χ1n) is 12.0. The number of carboxylic acids is 1. The van der Waals surface area contributed by atoms with Gasteiger partial charge < -0.3 is 24.4 Å². The van der Waals surface area contributed by atoms with Gasteiger partial charge >= 0.3 is 5.97 Å². The zero-order valence-electron chi connectivity index (χ0n) is 20.8. The van der Waals surface area contributed by atoms with Crippen LogP contribution in [0.15, 0.2) is 35.3 Å². The van der Waals surface area contributed by atoms with E-state index in [1.54, 1.807) is 21.6 Å². The number of aromatic carboxylic acids is 1. The van der Waals surface area contributed by atoms with Crippen LogP contribution >= 0.6 is 11.6 Å². The first-order valence-corrected chi connectivity index (χ1v) is 12.4. The summed E-state index contributed by atoms with van der Waals surface area (Å²) in [5.74, 6) is -1.74. The van der Waals surface area contributed by atoms with Gasteiger partial charge in [0.25, 0.3) is 0 Å². The van der Waals surface area contributed by atoms with Crippen LogP contribution in [0.1, 0.15) is 47.8 Å². The SMILES string of the molecule is COc1cc2c(cc1Cc1cc(N3CCC(F)C3)cc(Cl)c1F)c(=O)c(C(=O)O)cn2[C@H](CO)C(C)C. The molecule has 2 heterocycles. The molecule has 198 valence electrons. The highest BCUT2D eigenvalue weighted by Crippen LogP contribution is 2.34. The number of ether oxygens (including phenoxy) is 1. The van der Waals surface area contributed by atoms with E-state index in [2.05, 4.69) is 0 Å². The molecule has 4 rings (SSSR count). The minimum atomic E-state index is -1.39. The largest absolute Gasteiger partial charge is 0.496 e. The molecular weight excluding hydrogens is 506 g/mol. The molecule has 3 aromatic rings. The number of aliphatic hydroxyl groups is 1. The number of pyridine rings is 1. The fraction of sp³-hybridized carbons (Fsp3) is 0.407. The molecule has 1 aromatic heterocycles. The maximum absolute atomic E-state index is 15.1. The van der Waals surface area contributed by atoms with Gasteiger partial charge in [0.15, 0.2) is 0 Å². The van der Waals surface area contributed by atoms with Gasteiger partial charge in [-0.15, -0.1) is 0 Å². The van der Waals surface area contributed by atoms with Crippen molar-refractivity contribution in [2.45, 2.75) is 38.9 Å². The Morgan fingerprint density at radius 1 is 1.24 bits per heavy atom. The van der Waals surface area contributed by atoms with E-state index >= 15 is 4.39 Å². The first-order chi connectivity index (χ1) is 17.5. The molecule has 1 saturated heterocycles. The maximum Gasteiger partial charge on any atom is 0.341 e. The van der Waals surface area contributed by atoms with Crippen molar-refractivity contribution < 1.29 is 28.5 Å². The van der Waals surface area contributed by atoms with E-state index in [0.717, 1.165) is 0 Å². The third kappa shape index (κ3) is 5.15. The lowest BCUT2D eigenvalue weighted by Gasteiger charge is -2.25. The van der Waals surface area contributed by atoms with Crippen LogP contribution in [0.2, 0.25) is 5.02 Å². The summed E-state index contributed by atoms with van der Waals surface area (Å²) in [5, 5.41) is 19.7. The van der Waals surface area contributed by atoms with Gasteiger partial charge in [-0.1, -0.05) is 25.4 Å². The van der Waals surface area contributed by atoms with E-state index < -0.39 is 35.0 Å². The zero-order valence-corrected chi connectivity index (χ0v) is 21.6. The van der Waals surface area contributed by atoms with E-state index in [4.69, 9.17) is 16.3 Å². The third-order valence-electron chi connectivity index (χ3n) is 6.94. The summed E-state index contributed by atoms with van der Waals surface area (Å²) in [6.45, 7) is 4.16. The van der Waals surface area contributed by atoms with E-state index in [0.29, 0.717) is 35.5 Å². The van der Waals surface area contributed by atoms with E-state index in [1.165, 1.54) is 25.4 Å². The van der Waals surface area contributed by atoms with Crippen LogP contribution in [-0.2, 0) is 6.42 Å². The zero-order chi connectivity index (χ0) is 27.0.